The van der Waals surface area contributed by atoms with Crippen molar-refractivity contribution in [3.8, 4) is 5.82 Å². The molecule has 2 N–H and O–H groups in total. The molecule has 0 saturated carbocycles. The predicted molar refractivity (Wildman–Crippen MR) is 56.5 cm³/mol. The van der Waals surface area contributed by atoms with Crippen molar-refractivity contribution < 1.29 is 0 Å². The molecule has 2 aromatic heterocycles. The molecule has 0 spiro atoms. The van der Waals surface area contributed by atoms with Crippen molar-refractivity contribution in [3.63, 3.8) is 0 Å². The second kappa shape index (κ2) is 4.65. The number of hydrogen-bond donors (Lipinski definition) is 1. The standard InChI is InChI=1S/C10H13N5/c11-3-1-2-9-6-14-15(8-9)10-7-12-4-5-13-10/h4-8H,1-3,11H2. The molecular formula is C10H13N5. The van der Waals surface area contributed by atoms with Crippen molar-refractivity contribution in [1.82, 2.24) is 19.7 Å². The van der Waals surface area contributed by atoms with Crippen LogP contribution in [0.2, 0.25) is 0 Å². The molecule has 0 bridgehead atoms. The summed E-state index contributed by atoms with van der Waals surface area (Å²) in [7, 11) is 0. The Bertz CT molecular complexity index is 409. The quantitative estimate of drug-likeness (QED) is 0.788. The number of nitrogens with two attached hydrogens (primary N) is 1. The number of nitrogens with zero attached hydrogens (tertiary/aromatic N) is 4. The Morgan fingerprint density at radius 3 is 2.93 bits per heavy atom. The van der Waals surface area contributed by atoms with E-state index in [0.29, 0.717) is 6.54 Å². The van der Waals surface area contributed by atoms with Gasteiger partial charge in [0.25, 0.3) is 0 Å². The maximum atomic E-state index is 5.44. The summed E-state index contributed by atoms with van der Waals surface area (Å²) in [5.74, 6) is 0.733. The lowest BCUT2D eigenvalue weighted by molar-refractivity contribution is 0.824. The van der Waals surface area contributed by atoms with Gasteiger partial charge in [-0.15, -0.1) is 0 Å². The fraction of sp³-hybridized carbons (Fsp3) is 0.300. The zero-order valence-corrected chi connectivity index (χ0v) is 8.37. The van der Waals surface area contributed by atoms with E-state index in [0.717, 1.165) is 18.7 Å². The smallest absolute Gasteiger partial charge is 0.171 e. The van der Waals surface area contributed by atoms with Gasteiger partial charge in [0.1, 0.15) is 0 Å². The average Bonchev–Trinajstić information content (AvgIpc) is 2.76. The molecule has 0 fully saturated rings. The van der Waals surface area contributed by atoms with Crippen LogP contribution in [-0.2, 0) is 6.42 Å². The summed E-state index contributed by atoms with van der Waals surface area (Å²) in [5.41, 5.74) is 6.62. The molecule has 2 rings (SSSR count). The number of hydrogen-bond acceptors (Lipinski definition) is 4. The van der Waals surface area contributed by atoms with Crippen molar-refractivity contribution in [3.05, 3.63) is 36.5 Å². The Balaban J connectivity index is 2.14. The van der Waals surface area contributed by atoms with Crippen molar-refractivity contribution in [2.45, 2.75) is 12.8 Å². The summed E-state index contributed by atoms with van der Waals surface area (Å²) < 4.78 is 1.72. The molecule has 0 unspecified atom stereocenters. The molecular weight excluding hydrogens is 190 g/mol. The fourth-order valence-electron chi connectivity index (χ4n) is 1.33. The van der Waals surface area contributed by atoms with Gasteiger partial charge in [-0.25, -0.2) is 9.67 Å². The van der Waals surface area contributed by atoms with Crippen molar-refractivity contribution >= 4 is 0 Å². The van der Waals surface area contributed by atoms with Crippen LogP contribution in [0.3, 0.4) is 0 Å². The summed E-state index contributed by atoms with van der Waals surface area (Å²) in [6.45, 7) is 0.705. The second-order valence-electron chi connectivity index (χ2n) is 3.25. The highest BCUT2D eigenvalue weighted by molar-refractivity contribution is 5.18. The topological polar surface area (TPSA) is 69.6 Å². The third-order valence-electron chi connectivity index (χ3n) is 2.09. The monoisotopic (exact) mass is 203 g/mol. The van der Waals surface area contributed by atoms with Gasteiger partial charge in [-0.05, 0) is 24.9 Å². The first kappa shape index (κ1) is 9.79. The van der Waals surface area contributed by atoms with Crippen LogP contribution in [0.25, 0.3) is 5.82 Å². The molecule has 0 saturated heterocycles. The molecule has 15 heavy (non-hydrogen) atoms. The molecule has 0 aliphatic heterocycles. The maximum Gasteiger partial charge on any atom is 0.171 e. The molecule has 0 radical (unpaired) electrons. The van der Waals surface area contributed by atoms with Crippen LogP contribution < -0.4 is 5.73 Å². The lowest BCUT2D eigenvalue weighted by atomic mass is 10.2. The van der Waals surface area contributed by atoms with Gasteiger partial charge in [-0.2, -0.15) is 5.10 Å². The number of aryl methyl sites for hydroxylation is 1. The molecule has 0 atom stereocenters. The first-order chi connectivity index (χ1) is 7.40. The SMILES string of the molecule is NCCCc1cnn(-c2cnccn2)c1. The molecule has 0 aliphatic rings. The predicted octanol–water partition coefficient (Wildman–Crippen LogP) is 0.554. The summed E-state index contributed by atoms with van der Waals surface area (Å²) in [6.07, 6.45) is 10.7. The molecule has 2 aromatic rings. The Kier molecular flexibility index (Phi) is 3.04. The van der Waals surface area contributed by atoms with Crippen LogP contribution in [0.1, 0.15) is 12.0 Å². The Morgan fingerprint density at radius 1 is 1.27 bits per heavy atom. The van der Waals surface area contributed by atoms with E-state index in [1.807, 2.05) is 12.4 Å². The molecule has 0 amide bonds. The third-order valence-corrected chi connectivity index (χ3v) is 2.09. The van der Waals surface area contributed by atoms with Crippen molar-refractivity contribution in [1.29, 1.82) is 0 Å². The van der Waals surface area contributed by atoms with Gasteiger partial charge in [-0.1, -0.05) is 0 Å². The van der Waals surface area contributed by atoms with Gasteiger partial charge < -0.3 is 5.73 Å². The maximum absolute atomic E-state index is 5.44. The van der Waals surface area contributed by atoms with Gasteiger partial charge in [-0.3, -0.25) is 4.98 Å². The van der Waals surface area contributed by atoms with Crippen molar-refractivity contribution in [2.24, 2.45) is 5.73 Å². The first-order valence-electron chi connectivity index (χ1n) is 4.90. The second-order valence-corrected chi connectivity index (χ2v) is 3.25. The number of aromatic nitrogens is 4. The molecule has 0 aromatic carbocycles. The van der Waals surface area contributed by atoms with E-state index in [9.17, 15) is 0 Å². The normalized spacial score (nSPS) is 10.5. The van der Waals surface area contributed by atoms with Crippen LogP contribution in [0.5, 0.6) is 0 Å². The highest BCUT2D eigenvalue weighted by atomic mass is 15.3. The van der Waals surface area contributed by atoms with E-state index in [4.69, 9.17) is 5.73 Å². The van der Waals surface area contributed by atoms with E-state index in [1.54, 1.807) is 23.3 Å². The Hall–Kier alpha value is -1.75. The largest absolute Gasteiger partial charge is 0.330 e. The molecule has 5 heteroatoms. The molecule has 5 nitrogen and oxygen atoms in total. The zero-order chi connectivity index (χ0) is 10.5. The number of rotatable bonds is 4. The van der Waals surface area contributed by atoms with Gasteiger partial charge >= 0.3 is 0 Å². The minimum atomic E-state index is 0.705. The van der Waals surface area contributed by atoms with Crippen LogP contribution in [-0.4, -0.2) is 26.3 Å². The van der Waals surface area contributed by atoms with E-state index in [1.165, 1.54) is 5.56 Å². The Morgan fingerprint density at radius 2 is 2.20 bits per heavy atom. The lowest BCUT2D eigenvalue weighted by Gasteiger charge is -1.97. The lowest BCUT2D eigenvalue weighted by Crippen LogP contribution is -2.00. The average molecular weight is 203 g/mol. The van der Waals surface area contributed by atoms with E-state index < -0.39 is 0 Å². The third kappa shape index (κ3) is 2.38. The summed E-state index contributed by atoms with van der Waals surface area (Å²) >= 11 is 0. The van der Waals surface area contributed by atoms with Crippen molar-refractivity contribution in [2.75, 3.05) is 6.54 Å². The zero-order valence-electron chi connectivity index (χ0n) is 8.37. The van der Waals surface area contributed by atoms with E-state index in [-0.39, 0.29) is 0 Å². The highest BCUT2D eigenvalue weighted by Crippen LogP contribution is 2.05. The summed E-state index contributed by atoms with van der Waals surface area (Å²) in [5, 5.41) is 4.21. The van der Waals surface area contributed by atoms with Crippen LogP contribution >= 0.6 is 0 Å². The minimum absolute atomic E-state index is 0.705. The molecule has 0 aliphatic carbocycles. The van der Waals surface area contributed by atoms with Gasteiger partial charge in [0.2, 0.25) is 0 Å². The van der Waals surface area contributed by atoms with Crippen LogP contribution in [0, 0.1) is 0 Å². The fourth-order valence-corrected chi connectivity index (χ4v) is 1.33. The van der Waals surface area contributed by atoms with Gasteiger partial charge in [0.05, 0.1) is 12.4 Å². The highest BCUT2D eigenvalue weighted by Gasteiger charge is 2.00. The summed E-state index contributed by atoms with van der Waals surface area (Å²) in [6, 6.07) is 0. The van der Waals surface area contributed by atoms with E-state index >= 15 is 0 Å². The molecule has 2 heterocycles. The Labute approximate surface area is 88.0 Å². The first-order valence-corrected chi connectivity index (χ1v) is 4.90. The summed E-state index contributed by atoms with van der Waals surface area (Å²) in [4.78, 5) is 8.15. The molecule has 78 valence electrons. The van der Waals surface area contributed by atoms with Crippen LogP contribution in [0.15, 0.2) is 31.0 Å². The van der Waals surface area contributed by atoms with E-state index in [2.05, 4.69) is 15.1 Å². The van der Waals surface area contributed by atoms with Crippen LogP contribution in [0.4, 0.5) is 0 Å². The minimum Gasteiger partial charge on any atom is -0.330 e. The van der Waals surface area contributed by atoms with Gasteiger partial charge in [0.15, 0.2) is 5.82 Å². The van der Waals surface area contributed by atoms with Gasteiger partial charge in [0, 0.05) is 18.6 Å².